The fourth-order valence-electron chi connectivity index (χ4n) is 1.89. The normalized spacial score (nSPS) is 27.2. The molecule has 14 heavy (non-hydrogen) atoms. The monoisotopic (exact) mass is 192 g/mol. The number of likely N-dealkylation sites (tertiary alicyclic amines) is 1. The van der Waals surface area contributed by atoms with Crippen LogP contribution in [0.15, 0.2) is 0 Å². The van der Waals surface area contributed by atoms with Crippen molar-refractivity contribution in [2.75, 3.05) is 6.54 Å². The van der Waals surface area contributed by atoms with Crippen molar-refractivity contribution in [3.8, 4) is 6.07 Å². The van der Waals surface area contributed by atoms with Crippen LogP contribution in [0.25, 0.3) is 0 Å². The van der Waals surface area contributed by atoms with Gasteiger partial charge in [-0.1, -0.05) is 6.42 Å². The lowest BCUT2D eigenvalue weighted by Crippen LogP contribution is -2.40. The summed E-state index contributed by atoms with van der Waals surface area (Å²) >= 11 is 0. The molecule has 1 unspecified atom stereocenters. The van der Waals surface area contributed by atoms with Crippen LogP contribution >= 0.6 is 0 Å². The highest BCUT2D eigenvalue weighted by molar-refractivity contribution is 6.00. The van der Waals surface area contributed by atoms with Gasteiger partial charge in [-0.25, -0.2) is 0 Å². The molecule has 2 amide bonds. The molecule has 1 heterocycles. The predicted octanol–water partition coefficient (Wildman–Crippen LogP) is 0.685. The van der Waals surface area contributed by atoms with Crippen LogP contribution in [0.3, 0.4) is 0 Å². The molecule has 0 bridgehead atoms. The maximum absolute atomic E-state index is 11.7. The number of hydrogen-bond donors (Lipinski definition) is 0. The summed E-state index contributed by atoms with van der Waals surface area (Å²) in [7, 11) is 0. The van der Waals surface area contributed by atoms with Gasteiger partial charge in [0.1, 0.15) is 5.92 Å². The number of imide groups is 1. The summed E-state index contributed by atoms with van der Waals surface area (Å²) in [4.78, 5) is 24.5. The summed E-state index contributed by atoms with van der Waals surface area (Å²) < 4.78 is 0. The molecule has 4 nitrogen and oxygen atoms in total. The molecule has 2 rings (SSSR count). The molecule has 2 aliphatic rings. The van der Waals surface area contributed by atoms with Crippen LogP contribution in [0.4, 0.5) is 0 Å². The van der Waals surface area contributed by atoms with E-state index in [4.69, 9.17) is 5.26 Å². The number of amides is 2. The third kappa shape index (κ3) is 1.29. The standard InChI is InChI=1S/C10H12N2O2/c11-6-8-4-5-12(10(8)14)9(13)7-2-1-3-7/h7-8H,1-5H2. The topological polar surface area (TPSA) is 61.2 Å². The van der Waals surface area contributed by atoms with Crippen LogP contribution in [-0.4, -0.2) is 23.3 Å². The maximum Gasteiger partial charge on any atom is 0.246 e. The minimum Gasteiger partial charge on any atom is -0.281 e. The minimum atomic E-state index is -0.584. The van der Waals surface area contributed by atoms with Crippen LogP contribution in [0.1, 0.15) is 25.7 Å². The highest BCUT2D eigenvalue weighted by Crippen LogP contribution is 2.30. The average molecular weight is 192 g/mol. The summed E-state index contributed by atoms with van der Waals surface area (Å²) in [6.45, 7) is 0.437. The largest absolute Gasteiger partial charge is 0.281 e. The third-order valence-electron chi connectivity index (χ3n) is 3.08. The van der Waals surface area contributed by atoms with E-state index in [1.807, 2.05) is 6.07 Å². The Balaban J connectivity index is 2.02. The van der Waals surface area contributed by atoms with Crippen molar-refractivity contribution < 1.29 is 9.59 Å². The Kier molecular flexibility index (Phi) is 2.24. The SMILES string of the molecule is N#CC1CCN(C(=O)C2CCC2)C1=O. The van der Waals surface area contributed by atoms with Gasteiger partial charge in [0, 0.05) is 12.5 Å². The van der Waals surface area contributed by atoms with E-state index < -0.39 is 5.92 Å². The van der Waals surface area contributed by atoms with E-state index in [2.05, 4.69) is 0 Å². The minimum absolute atomic E-state index is 0.0522. The van der Waals surface area contributed by atoms with Gasteiger partial charge < -0.3 is 0 Å². The highest BCUT2D eigenvalue weighted by atomic mass is 16.2. The number of carbonyl (C=O) groups is 2. The second kappa shape index (κ2) is 3.41. The van der Waals surface area contributed by atoms with Gasteiger partial charge in [0.15, 0.2) is 0 Å². The van der Waals surface area contributed by atoms with Crippen LogP contribution < -0.4 is 0 Å². The molecule has 1 aliphatic heterocycles. The summed E-state index contributed by atoms with van der Waals surface area (Å²) in [5, 5.41) is 8.64. The van der Waals surface area contributed by atoms with Gasteiger partial charge in [0.05, 0.1) is 6.07 Å². The first kappa shape index (κ1) is 9.20. The molecule has 0 radical (unpaired) electrons. The Labute approximate surface area is 82.5 Å². The highest BCUT2D eigenvalue weighted by Gasteiger charge is 2.39. The molecule has 0 aromatic heterocycles. The average Bonchev–Trinajstić information content (AvgIpc) is 2.43. The first-order valence-corrected chi connectivity index (χ1v) is 4.99. The smallest absolute Gasteiger partial charge is 0.246 e. The molecule has 1 saturated heterocycles. The fraction of sp³-hybridized carbons (Fsp3) is 0.700. The quantitative estimate of drug-likeness (QED) is 0.574. The first-order chi connectivity index (χ1) is 6.74. The molecule has 74 valence electrons. The van der Waals surface area contributed by atoms with Crippen LogP contribution in [0.2, 0.25) is 0 Å². The van der Waals surface area contributed by atoms with E-state index in [9.17, 15) is 9.59 Å². The Hall–Kier alpha value is -1.37. The van der Waals surface area contributed by atoms with Gasteiger partial charge >= 0.3 is 0 Å². The zero-order chi connectivity index (χ0) is 10.1. The molecule has 2 fully saturated rings. The molecular weight excluding hydrogens is 180 g/mol. The lowest BCUT2D eigenvalue weighted by molar-refractivity contribution is -0.147. The zero-order valence-electron chi connectivity index (χ0n) is 7.90. The molecule has 1 saturated carbocycles. The lowest BCUT2D eigenvalue weighted by Gasteiger charge is -2.27. The van der Waals surface area contributed by atoms with Gasteiger partial charge in [0.25, 0.3) is 0 Å². The van der Waals surface area contributed by atoms with Crippen molar-refractivity contribution in [3.63, 3.8) is 0 Å². The summed E-state index contributed by atoms with van der Waals surface area (Å²) in [6.07, 6.45) is 3.40. The number of carbonyl (C=O) groups excluding carboxylic acids is 2. The predicted molar refractivity (Wildman–Crippen MR) is 47.8 cm³/mol. The number of hydrogen-bond acceptors (Lipinski definition) is 3. The van der Waals surface area contributed by atoms with Crippen molar-refractivity contribution in [1.82, 2.24) is 4.90 Å². The Morgan fingerprint density at radius 2 is 2.14 bits per heavy atom. The van der Waals surface area contributed by atoms with Gasteiger partial charge in [-0.2, -0.15) is 5.26 Å². The van der Waals surface area contributed by atoms with Crippen LogP contribution in [0.5, 0.6) is 0 Å². The van der Waals surface area contributed by atoms with Gasteiger partial charge in [0.2, 0.25) is 11.8 Å². The molecule has 1 atom stereocenters. The third-order valence-corrected chi connectivity index (χ3v) is 3.08. The Morgan fingerprint density at radius 1 is 1.43 bits per heavy atom. The second-order valence-corrected chi connectivity index (χ2v) is 3.93. The van der Waals surface area contributed by atoms with Crippen LogP contribution in [-0.2, 0) is 9.59 Å². The van der Waals surface area contributed by atoms with Gasteiger partial charge in [-0.3, -0.25) is 14.5 Å². The van der Waals surface area contributed by atoms with Crippen molar-refractivity contribution >= 4 is 11.8 Å². The van der Waals surface area contributed by atoms with Crippen molar-refractivity contribution in [2.45, 2.75) is 25.7 Å². The lowest BCUT2D eigenvalue weighted by atomic mass is 9.84. The molecule has 1 aliphatic carbocycles. The second-order valence-electron chi connectivity index (χ2n) is 3.93. The maximum atomic E-state index is 11.7. The van der Waals surface area contributed by atoms with Gasteiger partial charge in [-0.05, 0) is 19.3 Å². The van der Waals surface area contributed by atoms with Crippen molar-refractivity contribution in [2.24, 2.45) is 11.8 Å². The van der Waals surface area contributed by atoms with E-state index in [0.717, 1.165) is 19.3 Å². The molecule has 0 N–H and O–H groups in total. The fourth-order valence-corrected chi connectivity index (χ4v) is 1.89. The van der Waals surface area contributed by atoms with Crippen molar-refractivity contribution in [3.05, 3.63) is 0 Å². The summed E-state index contributed by atoms with van der Waals surface area (Å²) in [6, 6.07) is 1.93. The molecule has 0 aromatic carbocycles. The molecule has 0 aromatic rings. The molecule has 4 heteroatoms. The summed E-state index contributed by atoms with van der Waals surface area (Å²) in [5.41, 5.74) is 0. The Morgan fingerprint density at radius 3 is 2.57 bits per heavy atom. The molecular formula is C10H12N2O2. The van der Waals surface area contributed by atoms with Crippen LogP contribution in [0, 0.1) is 23.2 Å². The zero-order valence-corrected chi connectivity index (χ0v) is 7.90. The van der Waals surface area contributed by atoms with E-state index in [0.29, 0.717) is 13.0 Å². The summed E-state index contributed by atoms with van der Waals surface area (Å²) in [5.74, 6) is -0.876. The van der Waals surface area contributed by atoms with E-state index in [1.54, 1.807) is 0 Å². The van der Waals surface area contributed by atoms with Gasteiger partial charge in [-0.15, -0.1) is 0 Å². The number of nitrogens with zero attached hydrogens (tertiary/aromatic N) is 2. The first-order valence-electron chi connectivity index (χ1n) is 4.99. The molecule has 0 spiro atoms. The Bertz CT molecular complexity index is 315. The number of rotatable bonds is 1. The van der Waals surface area contributed by atoms with E-state index in [1.165, 1.54) is 4.90 Å². The number of nitriles is 1. The van der Waals surface area contributed by atoms with Crippen molar-refractivity contribution in [1.29, 1.82) is 5.26 Å². The van der Waals surface area contributed by atoms with E-state index >= 15 is 0 Å². The van der Waals surface area contributed by atoms with E-state index in [-0.39, 0.29) is 17.7 Å².